The molecule has 1 atom stereocenters. The van der Waals surface area contributed by atoms with E-state index in [4.69, 9.17) is 11.6 Å². The van der Waals surface area contributed by atoms with E-state index >= 15 is 0 Å². The van der Waals surface area contributed by atoms with Crippen molar-refractivity contribution in [3.63, 3.8) is 0 Å². The second-order valence-electron chi connectivity index (χ2n) is 4.05. The van der Waals surface area contributed by atoms with Crippen LogP contribution in [0.25, 0.3) is 0 Å². The molecule has 2 aromatic heterocycles. The lowest BCUT2D eigenvalue weighted by Gasteiger charge is -2.14. The van der Waals surface area contributed by atoms with Crippen LogP contribution < -0.4 is 10.6 Å². The maximum absolute atomic E-state index is 6.10. The fraction of sp³-hybridized carbons (Fsp3) is 0.417. The van der Waals surface area contributed by atoms with E-state index < -0.39 is 0 Å². The molecule has 0 saturated carbocycles. The molecule has 0 bridgehead atoms. The van der Waals surface area contributed by atoms with Crippen molar-refractivity contribution in [2.75, 3.05) is 17.2 Å². The molecule has 0 aliphatic heterocycles. The summed E-state index contributed by atoms with van der Waals surface area (Å²) in [7, 11) is 0. The smallest absolute Gasteiger partial charge is 0.224 e. The molecule has 0 fully saturated rings. The molecule has 2 N–H and O–H groups in total. The number of nitrogens with zero attached hydrogens (tertiary/aromatic N) is 3. The lowest BCUT2D eigenvalue weighted by Crippen LogP contribution is -2.11. The second-order valence-corrected chi connectivity index (χ2v) is 5.39. The summed E-state index contributed by atoms with van der Waals surface area (Å²) in [6, 6.07) is 0.0615. The SMILES string of the molecule is CCCNc1ncc(Cl)c(NC(C)c2nccs2)n1. The molecule has 0 aliphatic carbocycles. The minimum atomic E-state index is 0.0615. The van der Waals surface area contributed by atoms with E-state index in [1.807, 2.05) is 12.3 Å². The van der Waals surface area contributed by atoms with E-state index in [0.29, 0.717) is 16.8 Å². The summed E-state index contributed by atoms with van der Waals surface area (Å²) >= 11 is 7.70. The Balaban J connectivity index is 2.10. The van der Waals surface area contributed by atoms with Crippen molar-refractivity contribution in [1.82, 2.24) is 15.0 Å². The number of rotatable bonds is 6. The molecule has 0 radical (unpaired) electrons. The van der Waals surface area contributed by atoms with Crippen LogP contribution in [0.3, 0.4) is 0 Å². The van der Waals surface area contributed by atoms with Crippen LogP contribution in [-0.2, 0) is 0 Å². The van der Waals surface area contributed by atoms with Gasteiger partial charge in [-0.05, 0) is 13.3 Å². The summed E-state index contributed by atoms with van der Waals surface area (Å²) in [6.45, 7) is 4.95. The average molecular weight is 298 g/mol. The Bertz CT molecular complexity index is 517. The molecule has 0 amide bonds. The number of hydrogen-bond acceptors (Lipinski definition) is 6. The topological polar surface area (TPSA) is 62.7 Å². The van der Waals surface area contributed by atoms with Gasteiger partial charge in [-0.2, -0.15) is 4.98 Å². The number of nitrogens with one attached hydrogen (secondary N) is 2. The van der Waals surface area contributed by atoms with E-state index in [2.05, 4.69) is 32.5 Å². The molecule has 1 unspecified atom stereocenters. The van der Waals surface area contributed by atoms with Crippen molar-refractivity contribution < 1.29 is 0 Å². The van der Waals surface area contributed by atoms with Crippen molar-refractivity contribution in [3.8, 4) is 0 Å². The summed E-state index contributed by atoms with van der Waals surface area (Å²) in [6.07, 6.45) is 4.40. The lowest BCUT2D eigenvalue weighted by atomic mass is 10.3. The molecule has 0 spiro atoms. The zero-order chi connectivity index (χ0) is 13.7. The molecule has 102 valence electrons. The van der Waals surface area contributed by atoms with Crippen LogP contribution >= 0.6 is 22.9 Å². The molecule has 2 aromatic rings. The maximum Gasteiger partial charge on any atom is 0.224 e. The third-order valence-corrected chi connectivity index (χ3v) is 3.69. The van der Waals surface area contributed by atoms with Crippen LogP contribution in [0.4, 0.5) is 11.8 Å². The third kappa shape index (κ3) is 3.78. The number of aromatic nitrogens is 3. The van der Waals surface area contributed by atoms with Crippen molar-refractivity contribution in [2.45, 2.75) is 26.3 Å². The predicted molar refractivity (Wildman–Crippen MR) is 80.0 cm³/mol. The highest BCUT2D eigenvalue weighted by Gasteiger charge is 2.12. The van der Waals surface area contributed by atoms with Crippen LogP contribution in [0.2, 0.25) is 5.02 Å². The van der Waals surface area contributed by atoms with Crippen LogP contribution in [0, 0.1) is 0 Å². The average Bonchev–Trinajstić information content (AvgIpc) is 2.93. The number of halogens is 1. The van der Waals surface area contributed by atoms with Gasteiger partial charge in [-0.1, -0.05) is 18.5 Å². The molecular formula is C12H16ClN5S. The summed E-state index contributed by atoms with van der Waals surface area (Å²) in [5, 5.41) is 9.84. The predicted octanol–water partition coefficient (Wildman–Crippen LogP) is 3.58. The fourth-order valence-corrected chi connectivity index (χ4v) is 2.30. The van der Waals surface area contributed by atoms with E-state index in [1.165, 1.54) is 0 Å². The number of anilines is 2. The van der Waals surface area contributed by atoms with Crippen LogP contribution in [-0.4, -0.2) is 21.5 Å². The molecular weight excluding hydrogens is 282 g/mol. The van der Waals surface area contributed by atoms with Gasteiger partial charge in [0, 0.05) is 18.1 Å². The molecule has 19 heavy (non-hydrogen) atoms. The quantitative estimate of drug-likeness (QED) is 0.853. The lowest BCUT2D eigenvalue weighted by molar-refractivity contribution is 0.857. The summed E-state index contributed by atoms with van der Waals surface area (Å²) < 4.78 is 0. The van der Waals surface area contributed by atoms with Gasteiger partial charge in [0.05, 0.1) is 12.2 Å². The molecule has 0 aromatic carbocycles. The molecule has 0 aliphatic rings. The first-order valence-corrected chi connectivity index (χ1v) is 7.38. The maximum atomic E-state index is 6.10. The van der Waals surface area contributed by atoms with E-state index in [1.54, 1.807) is 23.7 Å². The molecule has 2 heterocycles. The largest absolute Gasteiger partial charge is 0.360 e. The van der Waals surface area contributed by atoms with Crippen molar-refractivity contribution in [2.24, 2.45) is 0 Å². The zero-order valence-electron chi connectivity index (χ0n) is 10.9. The number of thiazole rings is 1. The van der Waals surface area contributed by atoms with Gasteiger partial charge in [0.2, 0.25) is 5.95 Å². The summed E-state index contributed by atoms with van der Waals surface area (Å²) in [5.41, 5.74) is 0. The minimum Gasteiger partial charge on any atom is -0.360 e. The van der Waals surface area contributed by atoms with Crippen LogP contribution in [0.5, 0.6) is 0 Å². The Morgan fingerprint density at radius 2 is 2.26 bits per heavy atom. The van der Waals surface area contributed by atoms with Gasteiger partial charge in [-0.25, -0.2) is 9.97 Å². The van der Waals surface area contributed by atoms with Crippen LogP contribution in [0.15, 0.2) is 17.8 Å². The highest BCUT2D eigenvalue weighted by molar-refractivity contribution is 7.09. The third-order valence-electron chi connectivity index (χ3n) is 2.45. The van der Waals surface area contributed by atoms with Crippen molar-refractivity contribution in [3.05, 3.63) is 27.8 Å². The Morgan fingerprint density at radius 1 is 1.42 bits per heavy atom. The minimum absolute atomic E-state index is 0.0615. The Labute approximate surface area is 121 Å². The van der Waals surface area contributed by atoms with Crippen LogP contribution in [0.1, 0.15) is 31.3 Å². The van der Waals surface area contributed by atoms with E-state index in [9.17, 15) is 0 Å². The normalized spacial score (nSPS) is 12.2. The highest BCUT2D eigenvalue weighted by Crippen LogP contribution is 2.25. The van der Waals surface area contributed by atoms with Gasteiger partial charge in [-0.3, -0.25) is 0 Å². The first-order chi connectivity index (χ1) is 9.20. The molecule has 5 nitrogen and oxygen atoms in total. The van der Waals surface area contributed by atoms with Gasteiger partial charge >= 0.3 is 0 Å². The summed E-state index contributed by atoms with van der Waals surface area (Å²) in [5.74, 6) is 1.21. The van der Waals surface area contributed by atoms with Gasteiger partial charge in [0.25, 0.3) is 0 Å². The van der Waals surface area contributed by atoms with E-state index in [0.717, 1.165) is 18.0 Å². The Hall–Kier alpha value is -1.40. The summed E-state index contributed by atoms with van der Waals surface area (Å²) in [4.78, 5) is 12.8. The van der Waals surface area contributed by atoms with Crippen molar-refractivity contribution >= 4 is 34.7 Å². The fourth-order valence-electron chi connectivity index (χ4n) is 1.51. The molecule has 0 saturated heterocycles. The molecule has 7 heteroatoms. The Morgan fingerprint density at radius 3 is 2.95 bits per heavy atom. The number of hydrogen-bond donors (Lipinski definition) is 2. The zero-order valence-corrected chi connectivity index (χ0v) is 12.4. The van der Waals surface area contributed by atoms with Crippen molar-refractivity contribution in [1.29, 1.82) is 0 Å². The van der Waals surface area contributed by atoms with Gasteiger partial charge in [0.1, 0.15) is 10.0 Å². The monoisotopic (exact) mass is 297 g/mol. The first kappa shape index (κ1) is 14.0. The standard InChI is InChI=1S/C12H16ClN5S/c1-3-4-15-12-16-7-9(13)10(18-12)17-8(2)11-14-5-6-19-11/h5-8H,3-4H2,1-2H3,(H2,15,16,17,18). The first-order valence-electron chi connectivity index (χ1n) is 6.13. The molecule has 2 rings (SSSR count). The second kappa shape index (κ2) is 6.68. The van der Waals surface area contributed by atoms with Gasteiger partial charge in [-0.15, -0.1) is 11.3 Å². The van der Waals surface area contributed by atoms with E-state index in [-0.39, 0.29) is 6.04 Å². The Kier molecular flexibility index (Phi) is 4.93. The van der Waals surface area contributed by atoms with Gasteiger partial charge in [0.15, 0.2) is 5.82 Å². The van der Waals surface area contributed by atoms with Gasteiger partial charge < -0.3 is 10.6 Å². The highest BCUT2D eigenvalue weighted by atomic mass is 35.5.